The summed E-state index contributed by atoms with van der Waals surface area (Å²) in [6, 6.07) is 13.4. The van der Waals surface area contributed by atoms with Gasteiger partial charge in [0.25, 0.3) is 5.56 Å². The van der Waals surface area contributed by atoms with Crippen LogP contribution in [0.1, 0.15) is 0 Å². The number of aromatic amines is 1. The number of para-hydroxylation sites is 1. The van der Waals surface area contributed by atoms with Gasteiger partial charge in [0.1, 0.15) is 11.0 Å². The van der Waals surface area contributed by atoms with E-state index in [1.807, 2.05) is 47.2 Å². The molecule has 0 saturated carbocycles. The molecule has 4 aromatic rings. The summed E-state index contributed by atoms with van der Waals surface area (Å²) in [5, 5.41) is 0. The predicted molar refractivity (Wildman–Crippen MR) is 91.5 cm³/mol. The van der Waals surface area contributed by atoms with Gasteiger partial charge in [-0.2, -0.15) is 0 Å². The summed E-state index contributed by atoms with van der Waals surface area (Å²) in [6.07, 6.45) is 5.04. The molecule has 0 amide bonds. The van der Waals surface area contributed by atoms with Crippen LogP contribution in [0, 0.1) is 0 Å². The minimum atomic E-state index is -0.184. The van der Waals surface area contributed by atoms with Crippen LogP contribution in [0.3, 0.4) is 0 Å². The second kappa shape index (κ2) is 5.66. The summed E-state index contributed by atoms with van der Waals surface area (Å²) in [5.41, 5.74) is 3.57. The average Bonchev–Trinajstić information content (AvgIpc) is 3.04. The molecule has 118 valence electrons. The lowest BCUT2D eigenvalue weighted by atomic mass is 10.1. The van der Waals surface area contributed by atoms with Crippen LogP contribution in [-0.4, -0.2) is 26.6 Å². The average molecular weight is 318 g/mol. The van der Waals surface area contributed by atoms with Crippen LogP contribution in [0.4, 0.5) is 0 Å². The van der Waals surface area contributed by atoms with Crippen molar-refractivity contribution in [3.8, 4) is 22.7 Å². The lowest BCUT2D eigenvalue weighted by molar-refractivity contribution is 0.398. The van der Waals surface area contributed by atoms with Crippen LogP contribution in [-0.2, 0) is 0 Å². The summed E-state index contributed by atoms with van der Waals surface area (Å²) in [4.78, 5) is 23.6. The van der Waals surface area contributed by atoms with E-state index < -0.39 is 0 Å². The lowest BCUT2D eigenvalue weighted by Gasteiger charge is -2.03. The molecule has 0 spiro atoms. The third-order valence-corrected chi connectivity index (χ3v) is 3.87. The normalized spacial score (nSPS) is 10.9. The molecule has 24 heavy (non-hydrogen) atoms. The van der Waals surface area contributed by atoms with Crippen molar-refractivity contribution in [2.75, 3.05) is 7.11 Å². The zero-order valence-corrected chi connectivity index (χ0v) is 12.9. The zero-order valence-electron chi connectivity index (χ0n) is 12.9. The number of ether oxygens (including phenoxy) is 1. The topological polar surface area (TPSA) is 72.8 Å². The minimum Gasteiger partial charge on any atom is -0.481 e. The molecular formula is C18H14N4O2. The Balaban J connectivity index is 2.00. The molecule has 0 radical (unpaired) electrons. The van der Waals surface area contributed by atoms with E-state index in [1.165, 1.54) is 6.33 Å². The maximum absolute atomic E-state index is 12.4. The second-order valence-corrected chi connectivity index (χ2v) is 5.27. The van der Waals surface area contributed by atoms with Gasteiger partial charge in [-0.1, -0.05) is 18.2 Å². The third kappa shape index (κ3) is 2.25. The number of nitrogens with one attached hydrogen (secondary N) is 1. The van der Waals surface area contributed by atoms with Crippen molar-refractivity contribution in [2.24, 2.45) is 0 Å². The van der Waals surface area contributed by atoms with Crippen LogP contribution < -0.4 is 10.3 Å². The molecule has 1 N–H and O–H groups in total. The zero-order chi connectivity index (χ0) is 16.5. The molecule has 6 heteroatoms. The first-order valence-electron chi connectivity index (χ1n) is 7.42. The molecule has 6 nitrogen and oxygen atoms in total. The van der Waals surface area contributed by atoms with Gasteiger partial charge in [-0.05, 0) is 18.2 Å². The number of hydrogen-bond acceptors (Lipinski definition) is 4. The smallest absolute Gasteiger partial charge is 0.275 e. The first-order chi connectivity index (χ1) is 11.8. The van der Waals surface area contributed by atoms with E-state index in [-0.39, 0.29) is 5.56 Å². The number of methoxy groups -OCH3 is 1. The standard InChI is InChI=1S/C18H14N4O2/c1-24-15-8-7-12(9-19-15)14-10-22(13-5-3-2-4-6-13)17-16(14)20-11-21-18(17)23/h2-11H,1H3,(H,20,21,23). The number of hydrogen-bond donors (Lipinski definition) is 1. The van der Waals surface area contributed by atoms with Crippen molar-refractivity contribution >= 4 is 11.0 Å². The molecule has 0 fully saturated rings. The predicted octanol–water partition coefficient (Wildman–Crippen LogP) is 2.78. The number of benzene rings is 1. The molecule has 0 atom stereocenters. The SMILES string of the molecule is COc1ccc(-c2cn(-c3ccccc3)c3c(=O)[nH]cnc23)cn1. The Hall–Kier alpha value is -3.41. The first kappa shape index (κ1) is 14.2. The van der Waals surface area contributed by atoms with Crippen molar-refractivity contribution in [1.82, 2.24) is 19.5 Å². The maximum Gasteiger partial charge on any atom is 0.275 e. The number of aromatic nitrogens is 4. The first-order valence-corrected chi connectivity index (χ1v) is 7.42. The summed E-state index contributed by atoms with van der Waals surface area (Å²) >= 11 is 0. The van der Waals surface area contributed by atoms with Gasteiger partial charge < -0.3 is 14.3 Å². The molecule has 0 aliphatic carbocycles. The molecule has 0 aliphatic rings. The molecule has 0 saturated heterocycles. The fraction of sp³-hybridized carbons (Fsp3) is 0.0556. The van der Waals surface area contributed by atoms with Crippen molar-refractivity contribution in [1.29, 1.82) is 0 Å². The summed E-state index contributed by atoms with van der Waals surface area (Å²) in [5.74, 6) is 0.538. The van der Waals surface area contributed by atoms with Gasteiger partial charge in [-0.15, -0.1) is 0 Å². The molecular weight excluding hydrogens is 304 g/mol. The number of nitrogens with zero attached hydrogens (tertiary/aromatic N) is 3. The lowest BCUT2D eigenvalue weighted by Crippen LogP contribution is -2.09. The van der Waals surface area contributed by atoms with Gasteiger partial charge in [-0.25, -0.2) is 9.97 Å². The highest BCUT2D eigenvalue weighted by atomic mass is 16.5. The molecule has 3 aromatic heterocycles. The van der Waals surface area contributed by atoms with E-state index in [1.54, 1.807) is 19.4 Å². The molecule has 1 aromatic carbocycles. The van der Waals surface area contributed by atoms with Gasteiger partial charge in [0, 0.05) is 35.3 Å². The van der Waals surface area contributed by atoms with Gasteiger partial charge in [0.15, 0.2) is 0 Å². The number of rotatable bonds is 3. The Morgan fingerprint density at radius 1 is 1.08 bits per heavy atom. The number of H-pyrrole nitrogens is 1. The van der Waals surface area contributed by atoms with Crippen LogP contribution in [0.5, 0.6) is 5.88 Å². The number of pyridine rings is 1. The Morgan fingerprint density at radius 2 is 1.92 bits per heavy atom. The van der Waals surface area contributed by atoms with E-state index in [4.69, 9.17) is 4.74 Å². The van der Waals surface area contributed by atoms with Crippen molar-refractivity contribution in [2.45, 2.75) is 0 Å². The van der Waals surface area contributed by atoms with Gasteiger partial charge in [-0.3, -0.25) is 4.79 Å². The molecule has 3 heterocycles. The highest BCUT2D eigenvalue weighted by Gasteiger charge is 2.15. The minimum absolute atomic E-state index is 0.184. The van der Waals surface area contributed by atoms with E-state index >= 15 is 0 Å². The Bertz CT molecular complexity index is 1050. The summed E-state index contributed by atoms with van der Waals surface area (Å²) < 4.78 is 6.95. The van der Waals surface area contributed by atoms with Gasteiger partial charge >= 0.3 is 0 Å². The van der Waals surface area contributed by atoms with Crippen LogP contribution in [0.25, 0.3) is 27.8 Å². The van der Waals surface area contributed by atoms with Crippen molar-refractivity contribution in [3.63, 3.8) is 0 Å². The molecule has 4 rings (SSSR count). The quantitative estimate of drug-likeness (QED) is 0.630. The Labute approximate surface area is 137 Å². The molecule has 0 aliphatic heterocycles. The second-order valence-electron chi connectivity index (χ2n) is 5.27. The third-order valence-electron chi connectivity index (χ3n) is 3.87. The van der Waals surface area contributed by atoms with E-state index in [0.29, 0.717) is 16.9 Å². The molecule has 0 bridgehead atoms. The fourth-order valence-electron chi connectivity index (χ4n) is 2.73. The van der Waals surface area contributed by atoms with Crippen LogP contribution in [0.15, 0.2) is 66.0 Å². The van der Waals surface area contributed by atoms with Crippen LogP contribution >= 0.6 is 0 Å². The van der Waals surface area contributed by atoms with Gasteiger partial charge in [0.05, 0.1) is 13.4 Å². The Morgan fingerprint density at radius 3 is 2.62 bits per heavy atom. The number of fused-ring (bicyclic) bond motifs is 1. The monoisotopic (exact) mass is 318 g/mol. The fourth-order valence-corrected chi connectivity index (χ4v) is 2.73. The molecule has 0 unspecified atom stereocenters. The Kier molecular flexibility index (Phi) is 3.35. The summed E-state index contributed by atoms with van der Waals surface area (Å²) in [6.45, 7) is 0. The van der Waals surface area contributed by atoms with Gasteiger partial charge in [0.2, 0.25) is 5.88 Å². The van der Waals surface area contributed by atoms with E-state index in [2.05, 4.69) is 15.0 Å². The largest absolute Gasteiger partial charge is 0.481 e. The maximum atomic E-state index is 12.4. The van der Waals surface area contributed by atoms with Crippen molar-refractivity contribution in [3.05, 3.63) is 71.5 Å². The summed E-state index contributed by atoms with van der Waals surface area (Å²) in [7, 11) is 1.57. The highest BCUT2D eigenvalue weighted by Crippen LogP contribution is 2.29. The van der Waals surface area contributed by atoms with Crippen molar-refractivity contribution < 1.29 is 4.74 Å². The van der Waals surface area contributed by atoms with E-state index in [0.717, 1.165) is 16.8 Å². The van der Waals surface area contributed by atoms with E-state index in [9.17, 15) is 4.79 Å². The highest BCUT2D eigenvalue weighted by molar-refractivity contribution is 5.93. The van der Waals surface area contributed by atoms with Crippen LogP contribution in [0.2, 0.25) is 0 Å².